The number of amides is 1. The van der Waals surface area contributed by atoms with Crippen LogP contribution in [0.2, 0.25) is 0 Å². The molecule has 0 radical (unpaired) electrons. The molecule has 30 heavy (non-hydrogen) atoms. The van der Waals surface area contributed by atoms with Crippen LogP contribution in [-0.2, 0) is 17.8 Å². The van der Waals surface area contributed by atoms with Crippen molar-refractivity contribution in [2.45, 2.75) is 32.0 Å². The van der Waals surface area contributed by atoms with Crippen LogP contribution in [0.4, 0.5) is 0 Å². The number of likely N-dealkylation sites (tertiary alicyclic amines) is 1. The number of carbonyl (C=O) groups excluding carboxylic acids is 1. The van der Waals surface area contributed by atoms with E-state index >= 15 is 0 Å². The Kier molecular flexibility index (Phi) is 6.45. The Balaban J connectivity index is 1.35. The van der Waals surface area contributed by atoms with Gasteiger partial charge in [-0.05, 0) is 48.1 Å². The number of rotatable bonds is 6. The summed E-state index contributed by atoms with van der Waals surface area (Å²) in [6, 6.07) is 25.6. The van der Waals surface area contributed by atoms with Gasteiger partial charge in [-0.15, -0.1) is 0 Å². The largest absolute Gasteiger partial charge is 0.507 e. The van der Waals surface area contributed by atoms with E-state index in [2.05, 4.69) is 24.3 Å². The number of piperidine rings is 1. The summed E-state index contributed by atoms with van der Waals surface area (Å²) < 4.78 is 6.02. The van der Waals surface area contributed by atoms with Crippen LogP contribution in [0.5, 0.6) is 5.75 Å². The van der Waals surface area contributed by atoms with Crippen LogP contribution in [0.1, 0.15) is 39.9 Å². The maximum Gasteiger partial charge on any atom is 0.257 e. The zero-order valence-electron chi connectivity index (χ0n) is 17.0. The molecule has 0 saturated carbocycles. The number of nitrogens with zero attached hydrogens (tertiary/aromatic N) is 1. The minimum Gasteiger partial charge on any atom is -0.507 e. The van der Waals surface area contributed by atoms with Crippen LogP contribution in [0.15, 0.2) is 78.9 Å². The normalized spacial score (nSPS) is 14.6. The molecular weight excluding hydrogens is 374 g/mol. The second-order valence-corrected chi connectivity index (χ2v) is 7.80. The van der Waals surface area contributed by atoms with Crippen LogP contribution in [0.25, 0.3) is 0 Å². The van der Waals surface area contributed by atoms with Gasteiger partial charge in [0.2, 0.25) is 0 Å². The topological polar surface area (TPSA) is 49.8 Å². The van der Waals surface area contributed by atoms with Crippen molar-refractivity contribution in [1.29, 1.82) is 0 Å². The highest BCUT2D eigenvalue weighted by atomic mass is 16.5. The van der Waals surface area contributed by atoms with Gasteiger partial charge in [0.25, 0.3) is 5.91 Å². The minimum absolute atomic E-state index is 0.0410. The molecule has 0 bridgehead atoms. The molecule has 0 atom stereocenters. The van der Waals surface area contributed by atoms with E-state index in [0.717, 1.165) is 30.4 Å². The summed E-state index contributed by atoms with van der Waals surface area (Å²) in [6.07, 6.45) is 2.51. The van der Waals surface area contributed by atoms with Gasteiger partial charge < -0.3 is 14.7 Å². The first-order valence-corrected chi connectivity index (χ1v) is 10.5. The second-order valence-electron chi connectivity index (χ2n) is 7.80. The molecule has 1 heterocycles. The quantitative estimate of drug-likeness (QED) is 0.645. The second kappa shape index (κ2) is 9.59. The molecule has 1 fully saturated rings. The maximum absolute atomic E-state index is 13.0. The third-order valence-corrected chi connectivity index (χ3v) is 5.60. The molecule has 154 valence electrons. The molecule has 1 N–H and O–H groups in total. The summed E-state index contributed by atoms with van der Waals surface area (Å²) in [5.74, 6) is -0.0665. The number of phenols is 1. The summed E-state index contributed by atoms with van der Waals surface area (Å²) in [5.41, 5.74) is 3.74. The van der Waals surface area contributed by atoms with Crippen LogP contribution in [0, 0.1) is 0 Å². The van der Waals surface area contributed by atoms with Gasteiger partial charge in [-0.1, -0.05) is 66.7 Å². The van der Waals surface area contributed by atoms with Crippen molar-refractivity contribution in [2.24, 2.45) is 0 Å². The Labute approximate surface area is 177 Å². The lowest BCUT2D eigenvalue weighted by Gasteiger charge is -2.32. The zero-order chi connectivity index (χ0) is 20.8. The number of carbonyl (C=O) groups is 1. The molecule has 1 amide bonds. The van der Waals surface area contributed by atoms with E-state index in [1.54, 1.807) is 6.07 Å². The Morgan fingerprint density at radius 2 is 1.50 bits per heavy atom. The fourth-order valence-electron chi connectivity index (χ4n) is 3.88. The number of benzene rings is 3. The molecule has 0 aromatic heterocycles. The van der Waals surface area contributed by atoms with Crippen molar-refractivity contribution in [3.05, 3.63) is 101 Å². The van der Waals surface area contributed by atoms with Crippen molar-refractivity contribution in [1.82, 2.24) is 4.90 Å². The van der Waals surface area contributed by atoms with Gasteiger partial charge in [-0.3, -0.25) is 4.79 Å². The highest BCUT2D eigenvalue weighted by Gasteiger charge is 2.25. The Hall–Kier alpha value is -3.11. The highest BCUT2D eigenvalue weighted by molar-refractivity contribution is 5.97. The first kappa shape index (κ1) is 20.2. The third kappa shape index (κ3) is 5.08. The van der Waals surface area contributed by atoms with Crippen molar-refractivity contribution in [3.63, 3.8) is 0 Å². The molecule has 1 aliphatic rings. The standard InChI is InChI=1S/C26H27NO3/c28-25-12-11-22(17-20-7-3-1-4-8-20)18-24(25)26(29)27-15-13-23(14-16-27)30-19-21-9-5-2-6-10-21/h1-12,18,23,28H,13-17,19H2. The van der Waals surface area contributed by atoms with Crippen molar-refractivity contribution in [2.75, 3.05) is 13.1 Å². The van der Waals surface area contributed by atoms with Crippen molar-refractivity contribution < 1.29 is 14.6 Å². The molecule has 0 aliphatic carbocycles. The lowest BCUT2D eigenvalue weighted by Crippen LogP contribution is -2.40. The van der Waals surface area contributed by atoms with E-state index in [1.165, 1.54) is 5.56 Å². The van der Waals surface area contributed by atoms with E-state index in [-0.39, 0.29) is 17.8 Å². The molecule has 4 nitrogen and oxygen atoms in total. The molecule has 0 spiro atoms. The van der Waals surface area contributed by atoms with Gasteiger partial charge in [0.15, 0.2) is 0 Å². The van der Waals surface area contributed by atoms with E-state index in [9.17, 15) is 9.90 Å². The third-order valence-electron chi connectivity index (χ3n) is 5.60. The molecule has 4 heteroatoms. The maximum atomic E-state index is 13.0. The fourth-order valence-corrected chi connectivity index (χ4v) is 3.88. The molecule has 1 saturated heterocycles. The van der Waals surface area contributed by atoms with Crippen LogP contribution in [0.3, 0.4) is 0 Å². The molecule has 1 aliphatic heterocycles. The molecule has 0 unspecified atom stereocenters. The molecular formula is C26H27NO3. The summed E-state index contributed by atoms with van der Waals surface area (Å²) in [5, 5.41) is 10.3. The van der Waals surface area contributed by atoms with Gasteiger partial charge in [-0.2, -0.15) is 0 Å². The summed E-state index contributed by atoms with van der Waals surface area (Å²) in [6.45, 7) is 1.88. The number of phenolic OH excluding ortho intramolecular Hbond substituents is 1. The van der Waals surface area contributed by atoms with Gasteiger partial charge in [0.1, 0.15) is 5.75 Å². The smallest absolute Gasteiger partial charge is 0.257 e. The predicted octanol–water partition coefficient (Wildman–Crippen LogP) is 4.80. The van der Waals surface area contributed by atoms with Crippen LogP contribution < -0.4 is 0 Å². The van der Waals surface area contributed by atoms with Gasteiger partial charge in [0.05, 0.1) is 18.3 Å². The van der Waals surface area contributed by atoms with E-state index in [0.29, 0.717) is 25.3 Å². The minimum atomic E-state index is -0.107. The number of ether oxygens (including phenoxy) is 1. The van der Waals surface area contributed by atoms with E-state index in [1.807, 2.05) is 53.4 Å². The van der Waals surface area contributed by atoms with Gasteiger partial charge >= 0.3 is 0 Å². The summed E-state index contributed by atoms with van der Waals surface area (Å²) >= 11 is 0. The Bertz CT molecular complexity index is 964. The summed E-state index contributed by atoms with van der Waals surface area (Å²) in [4.78, 5) is 14.9. The molecule has 3 aromatic rings. The average Bonchev–Trinajstić information content (AvgIpc) is 2.80. The van der Waals surface area contributed by atoms with Crippen molar-refractivity contribution in [3.8, 4) is 5.75 Å². The fraction of sp³-hybridized carbons (Fsp3) is 0.269. The van der Waals surface area contributed by atoms with E-state index < -0.39 is 0 Å². The first-order valence-electron chi connectivity index (χ1n) is 10.5. The molecule has 4 rings (SSSR count). The Morgan fingerprint density at radius 3 is 2.17 bits per heavy atom. The Morgan fingerprint density at radius 1 is 0.867 bits per heavy atom. The SMILES string of the molecule is O=C(c1cc(Cc2ccccc2)ccc1O)N1CCC(OCc2ccccc2)CC1. The van der Waals surface area contributed by atoms with Crippen LogP contribution in [-0.4, -0.2) is 35.1 Å². The van der Waals surface area contributed by atoms with Gasteiger partial charge in [-0.25, -0.2) is 0 Å². The lowest BCUT2D eigenvalue weighted by molar-refractivity contribution is -0.000431. The van der Waals surface area contributed by atoms with Gasteiger partial charge in [0, 0.05) is 13.1 Å². The van der Waals surface area contributed by atoms with Crippen molar-refractivity contribution >= 4 is 5.91 Å². The summed E-state index contributed by atoms with van der Waals surface area (Å²) in [7, 11) is 0. The monoisotopic (exact) mass is 401 g/mol. The first-order chi connectivity index (χ1) is 14.7. The van der Waals surface area contributed by atoms with E-state index in [4.69, 9.17) is 4.74 Å². The predicted molar refractivity (Wildman–Crippen MR) is 118 cm³/mol. The number of aromatic hydroxyl groups is 1. The number of hydrogen-bond acceptors (Lipinski definition) is 3. The number of hydrogen-bond donors (Lipinski definition) is 1. The lowest BCUT2D eigenvalue weighted by atomic mass is 10.0. The molecule has 3 aromatic carbocycles. The average molecular weight is 402 g/mol. The van der Waals surface area contributed by atoms with Crippen LogP contribution >= 0.6 is 0 Å². The highest BCUT2D eigenvalue weighted by Crippen LogP contribution is 2.24. The zero-order valence-corrected chi connectivity index (χ0v) is 17.0.